The topological polar surface area (TPSA) is 41.6 Å². The first kappa shape index (κ1) is 13.9. The maximum Gasteiger partial charge on any atom is 0.257 e. The summed E-state index contributed by atoms with van der Waals surface area (Å²) in [5, 5.41) is 3.32. The van der Waals surface area contributed by atoms with Crippen molar-refractivity contribution in [2.24, 2.45) is 0 Å². The Kier molecular flexibility index (Phi) is 4.80. The standard InChI is InChI=1S/C15H22N2O2/c1-3-19-14-7-5-4-6-13(14)15(18)17(2)12-8-10-16-11-9-12/h4-7,12,16H,3,8-11H2,1-2H3. The van der Waals surface area contributed by atoms with E-state index in [0.29, 0.717) is 24.0 Å². The number of para-hydroxylation sites is 1. The number of rotatable bonds is 4. The average Bonchev–Trinajstić information content (AvgIpc) is 2.47. The summed E-state index contributed by atoms with van der Waals surface area (Å²) in [5.41, 5.74) is 0.658. The Morgan fingerprint density at radius 2 is 2.05 bits per heavy atom. The first-order valence-corrected chi connectivity index (χ1v) is 6.93. The Bertz CT molecular complexity index is 428. The van der Waals surface area contributed by atoms with E-state index in [1.165, 1.54) is 0 Å². The molecule has 1 amide bonds. The number of piperidine rings is 1. The number of nitrogens with one attached hydrogen (secondary N) is 1. The highest BCUT2D eigenvalue weighted by atomic mass is 16.5. The van der Waals surface area contributed by atoms with Gasteiger partial charge in [0, 0.05) is 13.1 Å². The number of nitrogens with zero attached hydrogens (tertiary/aromatic N) is 1. The van der Waals surface area contributed by atoms with Crippen molar-refractivity contribution < 1.29 is 9.53 Å². The summed E-state index contributed by atoms with van der Waals surface area (Å²) in [6.45, 7) is 4.46. The van der Waals surface area contributed by atoms with Gasteiger partial charge in [-0.05, 0) is 45.0 Å². The first-order valence-electron chi connectivity index (χ1n) is 6.93. The van der Waals surface area contributed by atoms with Crippen LogP contribution in [0.5, 0.6) is 5.75 Å². The fraction of sp³-hybridized carbons (Fsp3) is 0.533. The molecule has 104 valence electrons. The van der Waals surface area contributed by atoms with E-state index < -0.39 is 0 Å². The fourth-order valence-electron chi connectivity index (χ4n) is 2.47. The van der Waals surface area contributed by atoms with E-state index in [4.69, 9.17) is 4.74 Å². The van der Waals surface area contributed by atoms with E-state index in [0.717, 1.165) is 25.9 Å². The van der Waals surface area contributed by atoms with E-state index in [9.17, 15) is 4.79 Å². The van der Waals surface area contributed by atoms with Gasteiger partial charge in [0.25, 0.3) is 5.91 Å². The van der Waals surface area contributed by atoms with Gasteiger partial charge in [-0.25, -0.2) is 0 Å². The lowest BCUT2D eigenvalue weighted by molar-refractivity contribution is 0.0699. The molecule has 1 saturated heterocycles. The number of benzene rings is 1. The lowest BCUT2D eigenvalue weighted by atomic mass is 10.0. The molecular formula is C15H22N2O2. The van der Waals surface area contributed by atoms with Crippen LogP contribution < -0.4 is 10.1 Å². The molecule has 0 unspecified atom stereocenters. The van der Waals surface area contributed by atoms with Crippen molar-refractivity contribution in [2.45, 2.75) is 25.8 Å². The number of hydrogen-bond donors (Lipinski definition) is 1. The van der Waals surface area contributed by atoms with Crippen LogP contribution >= 0.6 is 0 Å². The largest absolute Gasteiger partial charge is 0.493 e. The van der Waals surface area contributed by atoms with Crippen LogP contribution in [0.4, 0.5) is 0 Å². The van der Waals surface area contributed by atoms with Crippen LogP contribution in [0.2, 0.25) is 0 Å². The quantitative estimate of drug-likeness (QED) is 0.901. The third kappa shape index (κ3) is 3.26. The molecule has 19 heavy (non-hydrogen) atoms. The molecule has 0 aromatic heterocycles. The van der Waals surface area contributed by atoms with E-state index in [2.05, 4.69) is 5.32 Å². The van der Waals surface area contributed by atoms with E-state index in [1.807, 2.05) is 43.1 Å². The monoisotopic (exact) mass is 262 g/mol. The third-order valence-electron chi connectivity index (χ3n) is 3.59. The molecule has 0 radical (unpaired) electrons. The number of carbonyl (C=O) groups excluding carboxylic acids is 1. The van der Waals surface area contributed by atoms with Crippen molar-refractivity contribution >= 4 is 5.91 Å². The van der Waals surface area contributed by atoms with Crippen LogP contribution in [-0.4, -0.2) is 43.6 Å². The molecule has 1 N–H and O–H groups in total. The minimum atomic E-state index is 0.0518. The summed E-state index contributed by atoms with van der Waals surface area (Å²) in [6.07, 6.45) is 2.03. The van der Waals surface area contributed by atoms with E-state index >= 15 is 0 Å². The third-order valence-corrected chi connectivity index (χ3v) is 3.59. The lowest BCUT2D eigenvalue weighted by Gasteiger charge is -2.32. The normalized spacial score (nSPS) is 16.1. The van der Waals surface area contributed by atoms with Gasteiger partial charge in [0.2, 0.25) is 0 Å². The summed E-state index contributed by atoms with van der Waals surface area (Å²) in [7, 11) is 1.89. The summed E-state index contributed by atoms with van der Waals surface area (Å²) in [6, 6.07) is 7.79. The van der Waals surface area contributed by atoms with Crippen molar-refractivity contribution in [2.75, 3.05) is 26.7 Å². The molecule has 4 nitrogen and oxygen atoms in total. The molecule has 4 heteroatoms. The Hall–Kier alpha value is -1.55. The maximum absolute atomic E-state index is 12.6. The van der Waals surface area contributed by atoms with Gasteiger partial charge in [0.1, 0.15) is 5.75 Å². The molecule has 0 atom stereocenters. The van der Waals surface area contributed by atoms with Crippen LogP contribution in [0, 0.1) is 0 Å². The predicted molar refractivity (Wildman–Crippen MR) is 75.6 cm³/mol. The molecule has 1 aliphatic heterocycles. The highest BCUT2D eigenvalue weighted by Gasteiger charge is 2.24. The second-order valence-electron chi connectivity index (χ2n) is 4.83. The fourth-order valence-corrected chi connectivity index (χ4v) is 2.47. The Labute approximate surface area is 114 Å². The molecule has 0 aliphatic carbocycles. The van der Waals surface area contributed by atoms with Crippen molar-refractivity contribution in [3.63, 3.8) is 0 Å². The highest BCUT2D eigenvalue weighted by molar-refractivity contribution is 5.97. The second kappa shape index (κ2) is 6.57. The zero-order valence-corrected chi connectivity index (χ0v) is 11.7. The van der Waals surface area contributed by atoms with Crippen LogP contribution in [0.25, 0.3) is 0 Å². The molecule has 0 spiro atoms. The van der Waals surface area contributed by atoms with Crippen LogP contribution in [-0.2, 0) is 0 Å². The summed E-state index contributed by atoms with van der Waals surface area (Å²) >= 11 is 0. The molecule has 1 fully saturated rings. The van der Waals surface area contributed by atoms with Gasteiger partial charge >= 0.3 is 0 Å². The smallest absolute Gasteiger partial charge is 0.257 e. The molecular weight excluding hydrogens is 240 g/mol. The number of amides is 1. The Balaban J connectivity index is 2.13. The average molecular weight is 262 g/mol. The molecule has 1 aromatic carbocycles. The summed E-state index contributed by atoms with van der Waals surface area (Å²) < 4.78 is 5.54. The first-order chi connectivity index (χ1) is 9.24. The second-order valence-corrected chi connectivity index (χ2v) is 4.83. The molecule has 2 rings (SSSR count). The van der Waals surface area contributed by atoms with Gasteiger partial charge in [-0.2, -0.15) is 0 Å². The van der Waals surface area contributed by atoms with Crippen molar-refractivity contribution in [1.29, 1.82) is 0 Å². The van der Waals surface area contributed by atoms with Gasteiger partial charge in [-0.3, -0.25) is 4.79 Å². The van der Waals surface area contributed by atoms with Gasteiger partial charge < -0.3 is 15.0 Å². The van der Waals surface area contributed by atoms with Crippen molar-refractivity contribution in [3.05, 3.63) is 29.8 Å². The van der Waals surface area contributed by atoms with Gasteiger partial charge in [0.05, 0.1) is 12.2 Å². The number of carbonyl (C=O) groups is 1. The zero-order chi connectivity index (χ0) is 13.7. The SMILES string of the molecule is CCOc1ccccc1C(=O)N(C)C1CCNCC1. The molecule has 1 aromatic rings. The molecule has 0 saturated carbocycles. The highest BCUT2D eigenvalue weighted by Crippen LogP contribution is 2.21. The minimum Gasteiger partial charge on any atom is -0.493 e. The minimum absolute atomic E-state index is 0.0518. The number of ether oxygens (including phenoxy) is 1. The predicted octanol–water partition coefficient (Wildman–Crippen LogP) is 1.91. The Morgan fingerprint density at radius 3 is 2.74 bits per heavy atom. The lowest BCUT2D eigenvalue weighted by Crippen LogP contribution is -2.44. The Morgan fingerprint density at radius 1 is 1.37 bits per heavy atom. The van der Waals surface area contributed by atoms with Crippen molar-refractivity contribution in [3.8, 4) is 5.75 Å². The van der Waals surface area contributed by atoms with E-state index in [-0.39, 0.29) is 5.91 Å². The molecule has 1 aliphatic rings. The number of hydrogen-bond acceptors (Lipinski definition) is 3. The maximum atomic E-state index is 12.6. The molecule has 0 bridgehead atoms. The molecule has 1 heterocycles. The van der Waals surface area contributed by atoms with Crippen LogP contribution in [0.15, 0.2) is 24.3 Å². The van der Waals surface area contributed by atoms with Gasteiger partial charge in [0.15, 0.2) is 0 Å². The van der Waals surface area contributed by atoms with Gasteiger partial charge in [-0.15, -0.1) is 0 Å². The zero-order valence-electron chi connectivity index (χ0n) is 11.7. The van der Waals surface area contributed by atoms with E-state index in [1.54, 1.807) is 0 Å². The van der Waals surface area contributed by atoms with Crippen LogP contribution in [0.3, 0.4) is 0 Å². The van der Waals surface area contributed by atoms with Crippen molar-refractivity contribution in [1.82, 2.24) is 10.2 Å². The summed E-state index contributed by atoms with van der Waals surface area (Å²) in [4.78, 5) is 14.4. The summed E-state index contributed by atoms with van der Waals surface area (Å²) in [5.74, 6) is 0.728. The van der Waals surface area contributed by atoms with Crippen LogP contribution in [0.1, 0.15) is 30.1 Å². The van der Waals surface area contributed by atoms with Gasteiger partial charge in [-0.1, -0.05) is 12.1 Å².